The standard InChI is InChI=1S/C26H37N3O3/c1-20(23-7-9-24(30-3)10-8-23)11-14-28-26(27-2)29-18-21-5-4-6-22(17-21)19-32-25-12-15-31-16-13-25/h4-10,17,20,25H,11-16,18-19H2,1-3H3,(H2,27,28,29). The third kappa shape index (κ3) is 7.84. The number of guanidine groups is 1. The van der Waals surface area contributed by atoms with Crippen LogP contribution >= 0.6 is 0 Å². The fourth-order valence-electron chi connectivity index (χ4n) is 3.80. The van der Waals surface area contributed by atoms with Gasteiger partial charge in [0.25, 0.3) is 0 Å². The molecule has 0 spiro atoms. The highest BCUT2D eigenvalue weighted by Gasteiger charge is 2.14. The molecule has 32 heavy (non-hydrogen) atoms. The first-order chi connectivity index (χ1) is 15.7. The second kappa shape index (κ2) is 13.1. The van der Waals surface area contributed by atoms with E-state index in [2.05, 4.69) is 58.9 Å². The van der Waals surface area contributed by atoms with Crippen LogP contribution in [0.1, 0.15) is 48.8 Å². The van der Waals surface area contributed by atoms with Crippen molar-refractivity contribution in [3.05, 3.63) is 65.2 Å². The van der Waals surface area contributed by atoms with Gasteiger partial charge in [0.1, 0.15) is 5.75 Å². The zero-order valence-corrected chi connectivity index (χ0v) is 19.6. The van der Waals surface area contributed by atoms with Gasteiger partial charge in [-0.25, -0.2) is 0 Å². The molecule has 174 valence electrons. The van der Waals surface area contributed by atoms with Crippen LogP contribution in [-0.4, -0.2) is 46.0 Å². The Bertz CT molecular complexity index is 832. The molecule has 6 nitrogen and oxygen atoms in total. The normalized spacial score (nSPS) is 15.9. The molecule has 1 heterocycles. The number of methoxy groups -OCH3 is 1. The predicted octanol–water partition coefficient (Wildman–Crippen LogP) is 4.25. The molecule has 2 N–H and O–H groups in total. The number of hydrogen-bond acceptors (Lipinski definition) is 4. The number of ether oxygens (including phenoxy) is 3. The summed E-state index contributed by atoms with van der Waals surface area (Å²) < 4.78 is 16.7. The first-order valence-corrected chi connectivity index (χ1v) is 11.5. The molecule has 1 atom stereocenters. The van der Waals surface area contributed by atoms with E-state index in [0.717, 1.165) is 57.3 Å². The molecule has 0 radical (unpaired) electrons. The van der Waals surface area contributed by atoms with E-state index in [4.69, 9.17) is 14.2 Å². The van der Waals surface area contributed by atoms with E-state index in [-0.39, 0.29) is 0 Å². The summed E-state index contributed by atoms with van der Waals surface area (Å²) in [5.41, 5.74) is 3.73. The lowest BCUT2D eigenvalue weighted by molar-refractivity contribution is -0.0390. The molecule has 3 rings (SSSR count). The molecule has 0 bridgehead atoms. The molecule has 0 amide bonds. The Morgan fingerprint density at radius 1 is 1.09 bits per heavy atom. The largest absolute Gasteiger partial charge is 0.497 e. The molecule has 0 aromatic heterocycles. The number of nitrogens with zero attached hydrogens (tertiary/aromatic N) is 1. The number of rotatable bonds is 10. The number of benzene rings is 2. The van der Waals surface area contributed by atoms with E-state index in [1.165, 1.54) is 16.7 Å². The molecule has 1 aliphatic rings. The summed E-state index contributed by atoms with van der Waals surface area (Å²) >= 11 is 0. The Labute approximate surface area is 192 Å². The first-order valence-electron chi connectivity index (χ1n) is 11.5. The van der Waals surface area contributed by atoms with Crippen LogP contribution in [0, 0.1) is 0 Å². The van der Waals surface area contributed by atoms with Gasteiger partial charge in [-0.05, 0) is 54.0 Å². The Kier molecular flexibility index (Phi) is 9.85. The molecule has 1 aliphatic heterocycles. The topological polar surface area (TPSA) is 64.1 Å². The maximum absolute atomic E-state index is 6.05. The van der Waals surface area contributed by atoms with Crippen LogP contribution in [0.4, 0.5) is 0 Å². The zero-order chi connectivity index (χ0) is 22.6. The molecular weight excluding hydrogens is 402 g/mol. The van der Waals surface area contributed by atoms with Crippen molar-refractivity contribution < 1.29 is 14.2 Å². The van der Waals surface area contributed by atoms with Crippen LogP contribution in [-0.2, 0) is 22.6 Å². The predicted molar refractivity (Wildman–Crippen MR) is 129 cm³/mol. The van der Waals surface area contributed by atoms with E-state index >= 15 is 0 Å². The van der Waals surface area contributed by atoms with Crippen LogP contribution < -0.4 is 15.4 Å². The average Bonchev–Trinajstić information content (AvgIpc) is 2.85. The van der Waals surface area contributed by atoms with Crippen molar-refractivity contribution in [2.75, 3.05) is 33.9 Å². The van der Waals surface area contributed by atoms with Gasteiger partial charge in [0, 0.05) is 33.4 Å². The van der Waals surface area contributed by atoms with Crippen molar-refractivity contribution in [2.24, 2.45) is 4.99 Å². The lowest BCUT2D eigenvalue weighted by atomic mass is 9.98. The number of nitrogens with one attached hydrogen (secondary N) is 2. The third-order valence-electron chi connectivity index (χ3n) is 5.88. The van der Waals surface area contributed by atoms with E-state index in [1.54, 1.807) is 14.2 Å². The van der Waals surface area contributed by atoms with E-state index < -0.39 is 0 Å². The summed E-state index contributed by atoms with van der Waals surface area (Å²) in [5.74, 6) is 2.16. The number of hydrogen-bond donors (Lipinski definition) is 2. The minimum atomic E-state index is 0.314. The van der Waals surface area contributed by atoms with Gasteiger partial charge in [0.05, 0.1) is 19.8 Å². The highest BCUT2D eigenvalue weighted by atomic mass is 16.5. The van der Waals surface area contributed by atoms with Crippen LogP contribution in [0.3, 0.4) is 0 Å². The maximum atomic E-state index is 6.05. The van der Waals surface area contributed by atoms with Gasteiger partial charge >= 0.3 is 0 Å². The monoisotopic (exact) mass is 439 g/mol. The molecule has 2 aromatic rings. The third-order valence-corrected chi connectivity index (χ3v) is 5.88. The fraction of sp³-hybridized carbons (Fsp3) is 0.500. The Hall–Kier alpha value is -2.57. The summed E-state index contributed by atoms with van der Waals surface area (Å²) in [4.78, 5) is 4.36. The molecule has 1 saturated heterocycles. The summed E-state index contributed by atoms with van der Waals surface area (Å²) in [6, 6.07) is 16.8. The Morgan fingerprint density at radius 3 is 2.56 bits per heavy atom. The molecule has 0 saturated carbocycles. The fourth-order valence-corrected chi connectivity index (χ4v) is 3.80. The van der Waals surface area contributed by atoms with Gasteiger partial charge in [-0.1, -0.05) is 43.3 Å². The van der Waals surface area contributed by atoms with Crippen molar-refractivity contribution >= 4 is 5.96 Å². The van der Waals surface area contributed by atoms with Gasteiger partial charge in [-0.2, -0.15) is 0 Å². The average molecular weight is 440 g/mol. The Balaban J connectivity index is 1.39. The highest BCUT2D eigenvalue weighted by Crippen LogP contribution is 2.21. The Morgan fingerprint density at radius 2 is 1.84 bits per heavy atom. The van der Waals surface area contributed by atoms with Crippen molar-refractivity contribution in [1.82, 2.24) is 10.6 Å². The summed E-state index contributed by atoms with van der Waals surface area (Å²) in [6.45, 7) is 6.08. The molecular formula is C26H37N3O3. The van der Waals surface area contributed by atoms with E-state index in [0.29, 0.717) is 18.6 Å². The van der Waals surface area contributed by atoms with E-state index in [1.807, 2.05) is 12.1 Å². The van der Waals surface area contributed by atoms with Crippen LogP contribution in [0.2, 0.25) is 0 Å². The smallest absolute Gasteiger partial charge is 0.191 e. The van der Waals surface area contributed by atoms with Gasteiger partial charge in [-0.3, -0.25) is 4.99 Å². The van der Waals surface area contributed by atoms with Gasteiger partial charge in [0.15, 0.2) is 5.96 Å². The van der Waals surface area contributed by atoms with Crippen molar-refractivity contribution in [2.45, 2.75) is 51.4 Å². The second-order valence-electron chi connectivity index (χ2n) is 8.26. The lowest BCUT2D eigenvalue weighted by Crippen LogP contribution is -2.37. The van der Waals surface area contributed by atoms with Crippen LogP contribution in [0.15, 0.2) is 53.5 Å². The SMILES string of the molecule is CN=C(NCCC(C)c1ccc(OC)cc1)NCc1cccc(COC2CCOCC2)c1. The summed E-state index contributed by atoms with van der Waals surface area (Å²) in [5, 5.41) is 6.84. The quantitative estimate of drug-likeness (QED) is 0.428. The van der Waals surface area contributed by atoms with Crippen molar-refractivity contribution in [3.8, 4) is 5.75 Å². The molecule has 0 aliphatic carbocycles. The zero-order valence-electron chi connectivity index (χ0n) is 19.6. The minimum absolute atomic E-state index is 0.314. The van der Waals surface area contributed by atoms with Crippen molar-refractivity contribution in [1.29, 1.82) is 0 Å². The summed E-state index contributed by atoms with van der Waals surface area (Å²) in [6.07, 6.45) is 3.31. The van der Waals surface area contributed by atoms with Crippen LogP contribution in [0.5, 0.6) is 5.75 Å². The number of aliphatic imine (C=N–C) groups is 1. The minimum Gasteiger partial charge on any atom is -0.497 e. The molecule has 1 fully saturated rings. The first kappa shape index (κ1) is 24.1. The molecule has 2 aromatic carbocycles. The van der Waals surface area contributed by atoms with Gasteiger partial charge in [-0.15, -0.1) is 0 Å². The van der Waals surface area contributed by atoms with Gasteiger partial charge < -0.3 is 24.8 Å². The van der Waals surface area contributed by atoms with Crippen molar-refractivity contribution in [3.63, 3.8) is 0 Å². The highest BCUT2D eigenvalue weighted by molar-refractivity contribution is 5.79. The van der Waals surface area contributed by atoms with E-state index in [9.17, 15) is 0 Å². The maximum Gasteiger partial charge on any atom is 0.191 e. The lowest BCUT2D eigenvalue weighted by Gasteiger charge is -2.22. The summed E-state index contributed by atoms with van der Waals surface area (Å²) in [7, 11) is 3.50. The molecule has 1 unspecified atom stereocenters. The van der Waals surface area contributed by atoms with Crippen LogP contribution in [0.25, 0.3) is 0 Å². The second-order valence-corrected chi connectivity index (χ2v) is 8.26. The van der Waals surface area contributed by atoms with Gasteiger partial charge in [0.2, 0.25) is 0 Å². The molecule has 6 heteroatoms.